The van der Waals surface area contributed by atoms with Gasteiger partial charge in [0, 0.05) is 0 Å². The van der Waals surface area contributed by atoms with E-state index in [1.165, 1.54) is 12.1 Å². The van der Waals surface area contributed by atoms with E-state index in [2.05, 4.69) is 61.6 Å². The molecule has 2 unspecified atom stereocenters. The Morgan fingerprint density at radius 1 is 0.426 bits per heavy atom. The van der Waals surface area contributed by atoms with E-state index in [-0.39, 0.29) is 18.4 Å². The second-order valence-corrected chi connectivity index (χ2v) is 34.2. The average molecular weight is 821 g/mol. The number of rotatable bonds is 7. The van der Waals surface area contributed by atoms with Crippen molar-refractivity contribution in [2.45, 2.75) is 32.7 Å². The van der Waals surface area contributed by atoms with Crippen molar-refractivity contribution >= 4 is 29.2 Å². The standard InChI is InChI=1S/2C22H14F3.C2H7Si.Zr/c2*23-22(24,25)21-12-5-4-10-19(21)18-11-6-9-16-13-17(14-20(16)18)15-7-2-1-3-8-15;1-3-2;/h2*1-14H;3H,1-2H3;. The third kappa shape index (κ3) is 6.51. The summed E-state index contributed by atoms with van der Waals surface area (Å²) in [6, 6.07) is 43.4. The predicted molar refractivity (Wildman–Crippen MR) is 207 cm³/mol. The summed E-state index contributed by atoms with van der Waals surface area (Å²) in [7, 11) is 0. The van der Waals surface area contributed by atoms with Crippen LogP contribution in [0.1, 0.15) is 51.8 Å². The molecule has 0 saturated carbocycles. The molecule has 0 fully saturated rings. The van der Waals surface area contributed by atoms with Crippen LogP contribution in [0.2, 0.25) is 13.1 Å². The predicted octanol–water partition coefficient (Wildman–Crippen LogP) is 13.6. The van der Waals surface area contributed by atoms with Crippen LogP contribution < -0.4 is 0 Å². The molecule has 2 atom stereocenters. The Hall–Kier alpha value is -4.52. The molecule has 0 bridgehead atoms. The van der Waals surface area contributed by atoms with Gasteiger partial charge in [-0.3, -0.25) is 0 Å². The molecule has 6 aromatic carbocycles. The van der Waals surface area contributed by atoms with Crippen molar-refractivity contribution in [1.82, 2.24) is 0 Å². The van der Waals surface area contributed by atoms with Crippen molar-refractivity contribution in [3.8, 4) is 22.3 Å². The molecule has 0 N–H and O–H groups in total. The Labute approximate surface area is 319 Å². The van der Waals surface area contributed by atoms with Gasteiger partial charge in [0.05, 0.1) is 0 Å². The van der Waals surface area contributed by atoms with Crippen molar-refractivity contribution in [3.05, 3.63) is 190 Å². The van der Waals surface area contributed by atoms with Crippen molar-refractivity contribution in [3.63, 3.8) is 0 Å². The molecule has 0 saturated heterocycles. The first-order valence-corrected chi connectivity index (χ1v) is 27.9. The Morgan fingerprint density at radius 3 is 1.15 bits per heavy atom. The molecule has 0 amide bonds. The number of benzene rings is 6. The first-order valence-electron chi connectivity index (χ1n) is 17.9. The Balaban J connectivity index is 1.38. The van der Waals surface area contributed by atoms with Crippen LogP contribution in [0.15, 0.2) is 146 Å². The molecule has 2 aliphatic rings. The van der Waals surface area contributed by atoms with Crippen molar-refractivity contribution in [1.29, 1.82) is 0 Å². The molecule has 0 radical (unpaired) electrons. The minimum absolute atomic E-state index is 0.00338. The van der Waals surface area contributed by atoms with E-state index >= 15 is 0 Å². The molecular weight excluding hydrogens is 786 g/mol. The summed E-state index contributed by atoms with van der Waals surface area (Å²) in [4.78, 5) is 0. The second-order valence-electron chi connectivity index (χ2n) is 14.2. The molecule has 0 spiro atoms. The quantitative estimate of drug-likeness (QED) is 0.111. The van der Waals surface area contributed by atoms with Crippen LogP contribution in [0.25, 0.3) is 45.6 Å². The van der Waals surface area contributed by atoms with Crippen LogP contribution in [0, 0.1) is 0 Å². The van der Waals surface area contributed by atoms with Crippen molar-refractivity contribution < 1.29 is 47.3 Å². The maximum atomic E-state index is 14.5. The van der Waals surface area contributed by atoms with Crippen LogP contribution >= 0.6 is 0 Å². The van der Waals surface area contributed by atoms with Gasteiger partial charge in [0.2, 0.25) is 0 Å². The summed E-state index contributed by atoms with van der Waals surface area (Å²) >= 11 is -2.98. The Bertz CT molecular complexity index is 2240. The van der Waals surface area contributed by atoms with Gasteiger partial charge in [0.15, 0.2) is 0 Å². The fourth-order valence-electron chi connectivity index (χ4n) is 8.52. The molecule has 54 heavy (non-hydrogen) atoms. The van der Waals surface area contributed by atoms with Crippen molar-refractivity contribution in [2.24, 2.45) is 0 Å². The molecule has 0 nitrogen and oxygen atoms in total. The normalized spacial score (nSPS) is 16.5. The molecule has 269 valence electrons. The van der Waals surface area contributed by atoms with Gasteiger partial charge >= 0.3 is 322 Å². The first-order chi connectivity index (χ1) is 25.9. The number of hydrogen-bond acceptors (Lipinski definition) is 0. The van der Waals surface area contributed by atoms with E-state index in [1.54, 1.807) is 36.4 Å². The third-order valence-electron chi connectivity index (χ3n) is 10.7. The number of halogens is 6. The summed E-state index contributed by atoms with van der Waals surface area (Å²) in [5, 5.41) is 0. The summed E-state index contributed by atoms with van der Waals surface area (Å²) in [6.45, 7) is 4.78. The molecule has 0 aliphatic heterocycles. The summed E-state index contributed by atoms with van der Waals surface area (Å²) in [6.07, 6.45) is -4.79. The van der Waals surface area contributed by atoms with E-state index in [4.69, 9.17) is 0 Å². The molecular formula is C46H35F6SiZr. The summed E-state index contributed by atoms with van der Waals surface area (Å²) < 4.78 is 86.8. The molecule has 2 aliphatic carbocycles. The van der Waals surface area contributed by atoms with Gasteiger partial charge in [-0.15, -0.1) is 0 Å². The molecule has 8 rings (SSSR count). The zero-order valence-electron chi connectivity index (χ0n) is 29.5. The monoisotopic (exact) mass is 819 g/mol. The van der Waals surface area contributed by atoms with Crippen LogP contribution in [0.4, 0.5) is 26.3 Å². The number of hydrogen-bond donors (Lipinski definition) is 0. The molecule has 8 heteroatoms. The van der Waals surface area contributed by atoms with Gasteiger partial charge in [0.25, 0.3) is 0 Å². The SMILES string of the molecule is C[SiH](C)[Zr]([CH]1C(c2ccccc2)=Cc2c(-c3ccccc3C(F)(F)F)cccc21)[CH]1C(c2ccccc2)=Cc2c(-c3ccccc3C(F)(F)F)cccc21. The van der Waals surface area contributed by atoms with Gasteiger partial charge in [0.1, 0.15) is 0 Å². The fourth-order valence-corrected chi connectivity index (χ4v) is 30.7. The topological polar surface area (TPSA) is 0 Å². The van der Waals surface area contributed by atoms with Crippen LogP contribution in [-0.2, 0) is 33.3 Å². The van der Waals surface area contributed by atoms with Gasteiger partial charge in [-0.25, -0.2) is 0 Å². The zero-order valence-corrected chi connectivity index (χ0v) is 33.1. The molecule has 0 heterocycles. The molecule has 0 aromatic heterocycles. The van der Waals surface area contributed by atoms with E-state index in [0.29, 0.717) is 11.1 Å². The third-order valence-corrected chi connectivity index (χ3v) is 32.2. The van der Waals surface area contributed by atoms with E-state index in [1.807, 2.05) is 48.5 Å². The minimum atomic E-state index is -4.53. The van der Waals surface area contributed by atoms with Gasteiger partial charge in [-0.05, 0) is 0 Å². The maximum absolute atomic E-state index is 14.5. The number of allylic oxidation sites excluding steroid dienone is 2. The Kier molecular flexibility index (Phi) is 9.64. The van der Waals surface area contributed by atoms with Crippen LogP contribution in [0.5, 0.6) is 0 Å². The first kappa shape index (κ1) is 36.5. The second kappa shape index (κ2) is 14.3. The fraction of sp³-hybridized carbons (Fsp3) is 0.130. The zero-order chi connectivity index (χ0) is 37.8. The van der Waals surface area contributed by atoms with Gasteiger partial charge < -0.3 is 0 Å². The van der Waals surface area contributed by atoms with Crippen LogP contribution in [0.3, 0.4) is 0 Å². The number of alkyl halides is 6. The van der Waals surface area contributed by atoms with Gasteiger partial charge in [-0.1, -0.05) is 0 Å². The molecule has 6 aromatic rings. The van der Waals surface area contributed by atoms with E-state index in [0.717, 1.165) is 56.7 Å². The Morgan fingerprint density at radius 2 is 0.778 bits per heavy atom. The van der Waals surface area contributed by atoms with Crippen LogP contribution in [-0.4, -0.2) is 5.92 Å². The number of fused-ring (bicyclic) bond motifs is 2. The van der Waals surface area contributed by atoms with Gasteiger partial charge in [-0.2, -0.15) is 0 Å². The average Bonchev–Trinajstić information content (AvgIpc) is 3.74. The van der Waals surface area contributed by atoms with E-state index < -0.39 is 50.3 Å². The summed E-state index contributed by atoms with van der Waals surface area (Å²) in [5.74, 6) is -1.53. The summed E-state index contributed by atoms with van der Waals surface area (Å²) in [5.41, 5.74) is 8.16. The van der Waals surface area contributed by atoms with Crippen molar-refractivity contribution in [2.75, 3.05) is 0 Å². The van der Waals surface area contributed by atoms with E-state index in [9.17, 15) is 26.3 Å².